The van der Waals surface area contributed by atoms with E-state index >= 15 is 0 Å². The highest BCUT2D eigenvalue weighted by Crippen LogP contribution is 2.33. The Kier molecular flexibility index (Phi) is 5.92. The number of aromatic nitrogens is 3. The Labute approximate surface area is 177 Å². The highest BCUT2D eigenvalue weighted by atomic mass is 35.5. The number of carbonyl (C=O) groups excluding carboxylic acids is 1. The normalized spacial score (nSPS) is 12.6. The monoisotopic (exact) mass is 430 g/mol. The van der Waals surface area contributed by atoms with Gasteiger partial charge in [0.2, 0.25) is 5.91 Å². The smallest absolute Gasteiger partial charge is 0.234 e. The molecule has 0 saturated carbocycles. The van der Waals surface area contributed by atoms with Crippen molar-refractivity contribution in [1.82, 2.24) is 14.8 Å². The number of fused-ring (bicyclic) bond motifs is 1. The second-order valence-electron chi connectivity index (χ2n) is 6.23. The van der Waals surface area contributed by atoms with E-state index < -0.39 is 0 Å². The summed E-state index contributed by atoms with van der Waals surface area (Å²) in [5.41, 5.74) is 1.48. The quantitative estimate of drug-likeness (QED) is 0.592. The van der Waals surface area contributed by atoms with Gasteiger partial charge in [0, 0.05) is 23.9 Å². The van der Waals surface area contributed by atoms with E-state index in [2.05, 4.69) is 15.5 Å². The summed E-state index contributed by atoms with van der Waals surface area (Å²) in [7, 11) is 0. The Morgan fingerprint density at radius 3 is 2.76 bits per heavy atom. The second-order valence-corrected chi connectivity index (χ2v) is 7.58. The molecule has 29 heavy (non-hydrogen) atoms. The Balaban J connectivity index is 1.43. The average molecular weight is 431 g/mol. The van der Waals surface area contributed by atoms with Gasteiger partial charge >= 0.3 is 0 Å². The van der Waals surface area contributed by atoms with E-state index in [0.717, 1.165) is 5.56 Å². The highest BCUT2D eigenvalue weighted by molar-refractivity contribution is 7.99. The third kappa shape index (κ3) is 4.33. The number of nitrogens with zero attached hydrogens (tertiary/aromatic N) is 3. The second kappa shape index (κ2) is 8.75. The van der Waals surface area contributed by atoms with Crippen molar-refractivity contribution in [3.05, 3.63) is 47.5 Å². The predicted octanol–water partition coefficient (Wildman–Crippen LogP) is 4.12. The van der Waals surface area contributed by atoms with Crippen LogP contribution in [-0.2, 0) is 11.3 Å². The number of hydrogen-bond donors (Lipinski definition) is 1. The van der Waals surface area contributed by atoms with E-state index in [1.807, 2.05) is 35.8 Å². The van der Waals surface area contributed by atoms with Crippen LogP contribution in [0.5, 0.6) is 11.5 Å². The summed E-state index contributed by atoms with van der Waals surface area (Å²) >= 11 is 7.62. The molecule has 1 amide bonds. The molecule has 9 heteroatoms. The van der Waals surface area contributed by atoms with Crippen LogP contribution in [0.4, 0.5) is 5.69 Å². The molecule has 2 heterocycles. The molecule has 3 aromatic rings. The molecular weight excluding hydrogens is 412 g/mol. The lowest BCUT2D eigenvalue weighted by molar-refractivity contribution is -0.113. The molecule has 0 atom stereocenters. The van der Waals surface area contributed by atoms with Crippen molar-refractivity contribution in [2.45, 2.75) is 18.6 Å². The van der Waals surface area contributed by atoms with Gasteiger partial charge in [-0.1, -0.05) is 35.5 Å². The van der Waals surface area contributed by atoms with E-state index in [-0.39, 0.29) is 11.7 Å². The van der Waals surface area contributed by atoms with Crippen LogP contribution in [0.15, 0.2) is 47.6 Å². The first-order valence-corrected chi connectivity index (χ1v) is 10.5. The van der Waals surface area contributed by atoms with Crippen LogP contribution in [0.25, 0.3) is 11.4 Å². The number of rotatable bonds is 6. The molecule has 1 N–H and O–H groups in total. The predicted molar refractivity (Wildman–Crippen MR) is 113 cm³/mol. The Hall–Kier alpha value is -2.71. The summed E-state index contributed by atoms with van der Waals surface area (Å²) in [5, 5.41) is 12.7. The first-order valence-electron chi connectivity index (χ1n) is 9.16. The maximum atomic E-state index is 12.4. The van der Waals surface area contributed by atoms with Crippen LogP contribution < -0.4 is 14.8 Å². The van der Waals surface area contributed by atoms with Crippen LogP contribution in [0.1, 0.15) is 6.92 Å². The van der Waals surface area contributed by atoms with Gasteiger partial charge in [-0.2, -0.15) is 0 Å². The van der Waals surface area contributed by atoms with E-state index in [0.29, 0.717) is 52.9 Å². The van der Waals surface area contributed by atoms with Gasteiger partial charge in [-0.25, -0.2) is 0 Å². The Morgan fingerprint density at radius 2 is 1.97 bits per heavy atom. The number of anilines is 1. The van der Waals surface area contributed by atoms with Crippen LogP contribution in [0.3, 0.4) is 0 Å². The number of amides is 1. The molecule has 0 aliphatic carbocycles. The molecule has 7 nitrogen and oxygen atoms in total. The minimum absolute atomic E-state index is 0.142. The molecule has 0 unspecified atom stereocenters. The number of thioether (sulfide) groups is 1. The number of benzene rings is 2. The largest absolute Gasteiger partial charge is 0.486 e. The van der Waals surface area contributed by atoms with E-state index in [1.165, 1.54) is 11.8 Å². The van der Waals surface area contributed by atoms with Crippen LogP contribution in [0.2, 0.25) is 5.02 Å². The number of halogens is 1. The summed E-state index contributed by atoms with van der Waals surface area (Å²) in [5.74, 6) is 2.07. The lowest BCUT2D eigenvalue weighted by atomic mass is 10.2. The summed E-state index contributed by atoms with van der Waals surface area (Å²) in [6, 6.07) is 12.8. The molecule has 0 radical (unpaired) electrons. The number of carbonyl (C=O) groups is 1. The molecule has 1 aliphatic rings. The Morgan fingerprint density at radius 1 is 1.17 bits per heavy atom. The van der Waals surface area contributed by atoms with Crippen molar-refractivity contribution in [2.24, 2.45) is 0 Å². The molecule has 2 aromatic carbocycles. The van der Waals surface area contributed by atoms with Crippen LogP contribution in [-0.4, -0.2) is 39.6 Å². The molecule has 1 aliphatic heterocycles. The van der Waals surface area contributed by atoms with Gasteiger partial charge in [0.1, 0.15) is 13.2 Å². The summed E-state index contributed by atoms with van der Waals surface area (Å²) in [4.78, 5) is 12.4. The highest BCUT2D eigenvalue weighted by Gasteiger charge is 2.17. The number of nitrogens with one attached hydrogen (secondary N) is 1. The van der Waals surface area contributed by atoms with Crippen LogP contribution >= 0.6 is 23.4 Å². The van der Waals surface area contributed by atoms with Crippen molar-refractivity contribution in [1.29, 1.82) is 0 Å². The Bertz CT molecular complexity index is 1040. The molecule has 1 aromatic heterocycles. The first kappa shape index (κ1) is 19.6. The lowest BCUT2D eigenvalue weighted by Gasteiger charge is -2.19. The summed E-state index contributed by atoms with van der Waals surface area (Å²) < 4.78 is 13.0. The van der Waals surface area contributed by atoms with Gasteiger partial charge in [0.05, 0.1) is 10.8 Å². The fraction of sp³-hybridized carbons (Fsp3) is 0.250. The maximum absolute atomic E-state index is 12.4. The topological polar surface area (TPSA) is 78.3 Å². The molecule has 0 fully saturated rings. The first-order chi connectivity index (χ1) is 14.2. The van der Waals surface area contributed by atoms with E-state index in [9.17, 15) is 4.79 Å². The third-order valence-electron chi connectivity index (χ3n) is 4.31. The molecule has 0 spiro atoms. The minimum atomic E-state index is -0.142. The molecule has 4 rings (SSSR count). The minimum Gasteiger partial charge on any atom is -0.486 e. The lowest BCUT2D eigenvalue weighted by Crippen LogP contribution is -2.17. The van der Waals surface area contributed by atoms with Gasteiger partial charge in [-0.3, -0.25) is 4.79 Å². The van der Waals surface area contributed by atoms with Gasteiger partial charge in [-0.15, -0.1) is 10.2 Å². The molecule has 0 saturated heterocycles. The SMILES string of the molecule is CCn1c(SCC(=O)Nc2ccc3c(c2)OCCO3)nnc1-c1ccccc1Cl. The molecule has 0 bridgehead atoms. The molecular formula is C20H19ClN4O3S. The van der Waals surface area contributed by atoms with E-state index in [1.54, 1.807) is 18.2 Å². The standard InChI is InChI=1S/C20H19ClN4O3S/c1-2-25-19(14-5-3-4-6-15(14)21)23-24-20(25)29-12-18(26)22-13-7-8-16-17(11-13)28-10-9-27-16/h3-8,11H,2,9-10,12H2,1H3,(H,22,26). The van der Waals surface area contributed by atoms with Crippen molar-refractivity contribution in [3.8, 4) is 22.9 Å². The van der Waals surface area contributed by atoms with E-state index in [4.69, 9.17) is 21.1 Å². The van der Waals surface area contributed by atoms with Crippen LogP contribution in [0, 0.1) is 0 Å². The van der Waals surface area contributed by atoms with Gasteiger partial charge < -0.3 is 19.4 Å². The fourth-order valence-corrected chi connectivity index (χ4v) is 3.99. The van der Waals surface area contributed by atoms with Gasteiger partial charge in [0.15, 0.2) is 22.5 Å². The van der Waals surface area contributed by atoms with Gasteiger partial charge in [0.25, 0.3) is 0 Å². The zero-order chi connectivity index (χ0) is 20.2. The fourth-order valence-electron chi connectivity index (χ4n) is 2.97. The summed E-state index contributed by atoms with van der Waals surface area (Å²) in [6.45, 7) is 3.70. The van der Waals surface area contributed by atoms with Crippen molar-refractivity contribution < 1.29 is 14.3 Å². The third-order valence-corrected chi connectivity index (χ3v) is 5.60. The maximum Gasteiger partial charge on any atom is 0.234 e. The van der Waals surface area contributed by atoms with Gasteiger partial charge in [-0.05, 0) is 31.2 Å². The molecule has 150 valence electrons. The van der Waals surface area contributed by atoms with Crippen molar-refractivity contribution in [2.75, 3.05) is 24.3 Å². The zero-order valence-electron chi connectivity index (χ0n) is 15.7. The van der Waals surface area contributed by atoms with Crippen molar-refractivity contribution in [3.63, 3.8) is 0 Å². The van der Waals surface area contributed by atoms with Crippen molar-refractivity contribution >= 4 is 35.0 Å². The summed E-state index contributed by atoms with van der Waals surface area (Å²) in [6.07, 6.45) is 0. The number of hydrogen-bond acceptors (Lipinski definition) is 6. The number of ether oxygens (including phenoxy) is 2. The zero-order valence-corrected chi connectivity index (χ0v) is 17.3. The average Bonchev–Trinajstić information content (AvgIpc) is 3.15.